The highest BCUT2D eigenvalue weighted by atomic mass is 35.5. The van der Waals surface area contributed by atoms with Gasteiger partial charge in [-0.05, 0) is 32.2 Å². The molecule has 2 heterocycles. The first-order valence-electron chi connectivity index (χ1n) is 5.55. The van der Waals surface area contributed by atoms with Crippen molar-refractivity contribution in [1.29, 1.82) is 0 Å². The number of halogens is 2. The van der Waals surface area contributed by atoms with Crippen LogP contribution in [0.4, 0.5) is 0 Å². The van der Waals surface area contributed by atoms with Gasteiger partial charge < -0.3 is 5.32 Å². The molecule has 1 atom stereocenters. The van der Waals surface area contributed by atoms with Gasteiger partial charge in [-0.15, -0.1) is 29.9 Å². The summed E-state index contributed by atoms with van der Waals surface area (Å²) < 4.78 is 2.00. The number of hydrogen-bond donors (Lipinski definition) is 1. The maximum absolute atomic E-state index is 4.21. The Kier molecular flexibility index (Phi) is 5.02. The Labute approximate surface area is 108 Å². The summed E-state index contributed by atoms with van der Waals surface area (Å²) in [7, 11) is 0. The first-order valence-corrected chi connectivity index (χ1v) is 5.55. The van der Waals surface area contributed by atoms with E-state index in [4.69, 9.17) is 0 Å². The Hall–Kier alpha value is -0.320. The van der Waals surface area contributed by atoms with E-state index in [-0.39, 0.29) is 24.8 Å². The maximum atomic E-state index is 4.21. The molecule has 4 nitrogen and oxygen atoms in total. The molecule has 16 heavy (non-hydrogen) atoms. The van der Waals surface area contributed by atoms with Gasteiger partial charge in [-0.2, -0.15) is 0 Å². The topological polar surface area (TPSA) is 42.7 Å². The molecule has 1 aromatic heterocycles. The molecule has 1 N–H and O–H groups in total. The summed E-state index contributed by atoms with van der Waals surface area (Å²) in [5.74, 6) is 0.722. The van der Waals surface area contributed by atoms with Crippen LogP contribution in [0.2, 0.25) is 0 Å². The van der Waals surface area contributed by atoms with Gasteiger partial charge in [-0.1, -0.05) is 5.21 Å². The Morgan fingerprint density at radius 3 is 2.75 bits per heavy atom. The number of hydrogen-bond acceptors (Lipinski definition) is 3. The molecule has 3 rings (SSSR count). The molecule has 2 fully saturated rings. The number of rotatable bonds is 3. The van der Waals surface area contributed by atoms with E-state index in [1.807, 2.05) is 4.68 Å². The third-order valence-electron chi connectivity index (χ3n) is 3.12. The van der Waals surface area contributed by atoms with Gasteiger partial charge in [0.2, 0.25) is 0 Å². The number of nitrogens with zero attached hydrogens (tertiary/aromatic N) is 3. The highest BCUT2D eigenvalue weighted by molar-refractivity contribution is 5.85. The lowest BCUT2D eigenvalue weighted by molar-refractivity contribution is 0.466. The van der Waals surface area contributed by atoms with E-state index >= 15 is 0 Å². The standard InChI is InChI=1S/C10H16N4.2ClH/c1-2-9(11-5-1)6-14-7-10(12-13-14)8-3-4-8;;/h7-9,11H,1-6H2;2*1H. The SMILES string of the molecule is Cl.Cl.c1c(C2CC2)nnn1CC1CCCN1. The molecule has 0 amide bonds. The molecule has 0 spiro atoms. The van der Waals surface area contributed by atoms with E-state index in [0.29, 0.717) is 6.04 Å². The molecule has 1 unspecified atom stereocenters. The van der Waals surface area contributed by atoms with Crippen molar-refractivity contribution in [2.24, 2.45) is 0 Å². The zero-order valence-electron chi connectivity index (χ0n) is 9.13. The Bertz CT molecular complexity index is 318. The molecule has 6 heteroatoms. The third kappa shape index (κ3) is 3.09. The highest BCUT2D eigenvalue weighted by Gasteiger charge is 2.26. The number of aromatic nitrogens is 3. The second-order valence-electron chi connectivity index (χ2n) is 4.43. The first kappa shape index (κ1) is 13.7. The Morgan fingerprint density at radius 2 is 2.12 bits per heavy atom. The lowest BCUT2D eigenvalue weighted by Gasteiger charge is -2.08. The quantitative estimate of drug-likeness (QED) is 0.905. The molecular weight excluding hydrogens is 247 g/mol. The molecule has 1 aromatic rings. The van der Waals surface area contributed by atoms with E-state index < -0.39 is 0 Å². The van der Waals surface area contributed by atoms with Crippen LogP contribution in [0.25, 0.3) is 0 Å². The van der Waals surface area contributed by atoms with E-state index in [0.717, 1.165) is 19.0 Å². The molecule has 1 aliphatic heterocycles. The molecule has 2 aliphatic rings. The second-order valence-corrected chi connectivity index (χ2v) is 4.43. The van der Waals surface area contributed by atoms with Gasteiger partial charge >= 0.3 is 0 Å². The van der Waals surface area contributed by atoms with E-state index in [9.17, 15) is 0 Å². The van der Waals surface area contributed by atoms with Gasteiger partial charge in [-0.3, -0.25) is 4.68 Å². The van der Waals surface area contributed by atoms with Crippen LogP contribution >= 0.6 is 24.8 Å². The van der Waals surface area contributed by atoms with Crippen LogP contribution in [-0.4, -0.2) is 27.6 Å². The average molecular weight is 265 g/mol. The molecule has 0 radical (unpaired) electrons. The van der Waals surface area contributed by atoms with Crippen LogP contribution in [0, 0.1) is 0 Å². The largest absolute Gasteiger partial charge is 0.312 e. The van der Waals surface area contributed by atoms with E-state index in [2.05, 4.69) is 21.8 Å². The summed E-state index contributed by atoms with van der Waals surface area (Å²) in [4.78, 5) is 0. The summed E-state index contributed by atoms with van der Waals surface area (Å²) in [6.07, 6.45) is 7.31. The van der Waals surface area contributed by atoms with Crippen molar-refractivity contribution in [1.82, 2.24) is 20.3 Å². The summed E-state index contributed by atoms with van der Waals surface area (Å²) in [5, 5.41) is 11.8. The lowest BCUT2D eigenvalue weighted by atomic mass is 10.2. The Morgan fingerprint density at radius 1 is 1.31 bits per heavy atom. The van der Waals surface area contributed by atoms with E-state index in [1.54, 1.807) is 0 Å². The molecule has 1 aliphatic carbocycles. The van der Waals surface area contributed by atoms with Crippen LogP contribution in [0.3, 0.4) is 0 Å². The fourth-order valence-corrected chi connectivity index (χ4v) is 2.11. The molecule has 0 bridgehead atoms. The predicted octanol–water partition coefficient (Wildman–Crippen LogP) is 1.75. The fourth-order valence-electron chi connectivity index (χ4n) is 2.11. The van der Waals surface area contributed by atoms with Crippen molar-refractivity contribution >= 4 is 24.8 Å². The van der Waals surface area contributed by atoms with Crippen molar-refractivity contribution < 1.29 is 0 Å². The Balaban J connectivity index is 0.000000640. The van der Waals surface area contributed by atoms with Crippen LogP contribution in [0.1, 0.15) is 37.3 Å². The van der Waals surface area contributed by atoms with Gasteiger partial charge in [0.05, 0.1) is 12.2 Å². The van der Waals surface area contributed by atoms with Gasteiger partial charge in [0.1, 0.15) is 0 Å². The summed E-state index contributed by atoms with van der Waals surface area (Å²) in [5.41, 5.74) is 1.20. The molecule has 1 saturated carbocycles. The van der Waals surface area contributed by atoms with E-state index in [1.165, 1.54) is 31.4 Å². The predicted molar refractivity (Wildman–Crippen MR) is 67.5 cm³/mol. The van der Waals surface area contributed by atoms with Gasteiger partial charge in [0, 0.05) is 18.2 Å². The normalized spacial score (nSPS) is 23.6. The van der Waals surface area contributed by atoms with Crippen LogP contribution < -0.4 is 5.32 Å². The molecular formula is C10H18Cl2N4. The molecule has 92 valence electrons. The highest BCUT2D eigenvalue weighted by Crippen LogP contribution is 2.38. The minimum absolute atomic E-state index is 0. The van der Waals surface area contributed by atoms with Crippen molar-refractivity contribution in [2.75, 3.05) is 6.54 Å². The van der Waals surface area contributed by atoms with Gasteiger partial charge in [-0.25, -0.2) is 0 Å². The van der Waals surface area contributed by atoms with Crippen molar-refractivity contribution in [3.8, 4) is 0 Å². The van der Waals surface area contributed by atoms with Crippen LogP contribution in [-0.2, 0) is 6.54 Å². The minimum atomic E-state index is 0. The van der Waals surface area contributed by atoms with Crippen LogP contribution in [0.5, 0.6) is 0 Å². The monoisotopic (exact) mass is 264 g/mol. The second kappa shape index (κ2) is 5.84. The zero-order valence-corrected chi connectivity index (χ0v) is 10.8. The minimum Gasteiger partial charge on any atom is -0.312 e. The summed E-state index contributed by atoms with van der Waals surface area (Å²) in [6, 6.07) is 0.615. The van der Waals surface area contributed by atoms with Crippen molar-refractivity contribution in [2.45, 2.75) is 44.2 Å². The maximum Gasteiger partial charge on any atom is 0.0857 e. The lowest BCUT2D eigenvalue weighted by Crippen LogP contribution is -2.26. The molecule has 1 saturated heterocycles. The van der Waals surface area contributed by atoms with Crippen molar-refractivity contribution in [3.63, 3.8) is 0 Å². The van der Waals surface area contributed by atoms with Gasteiger partial charge in [0.25, 0.3) is 0 Å². The molecule has 0 aromatic carbocycles. The van der Waals surface area contributed by atoms with Crippen LogP contribution in [0.15, 0.2) is 6.20 Å². The smallest absolute Gasteiger partial charge is 0.0857 e. The van der Waals surface area contributed by atoms with Gasteiger partial charge in [0.15, 0.2) is 0 Å². The summed E-state index contributed by atoms with van der Waals surface area (Å²) in [6.45, 7) is 2.15. The zero-order chi connectivity index (χ0) is 9.38. The fraction of sp³-hybridized carbons (Fsp3) is 0.800. The first-order chi connectivity index (χ1) is 6.92. The number of nitrogens with one attached hydrogen (secondary N) is 1. The van der Waals surface area contributed by atoms with Crippen molar-refractivity contribution in [3.05, 3.63) is 11.9 Å². The third-order valence-corrected chi connectivity index (χ3v) is 3.12. The summed E-state index contributed by atoms with van der Waals surface area (Å²) >= 11 is 0. The average Bonchev–Trinajstić information content (AvgIpc) is 2.75.